The fraction of sp³-hybridized carbons (Fsp3) is 0.567. The lowest BCUT2D eigenvalue weighted by molar-refractivity contribution is -0.166. The summed E-state index contributed by atoms with van der Waals surface area (Å²) in [5, 5.41) is 0. The van der Waals surface area contributed by atoms with E-state index in [-0.39, 0.29) is 38.4 Å². The normalized spacial score (nSPS) is 13.3. The predicted octanol–water partition coefficient (Wildman–Crippen LogP) is 19.8. The average Bonchev–Trinajstić information content (AvgIpc) is 3.39. The van der Waals surface area contributed by atoms with E-state index in [1.165, 1.54) is 96.3 Å². The molecule has 0 fully saturated rings. The van der Waals surface area contributed by atoms with Crippen LogP contribution in [0.5, 0.6) is 0 Å². The molecule has 0 spiro atoms. The van der Waals surface area contributed by atoms with Gasteiger partial charge in [0.1, 0.15) is 13.2 Å². The Kier molecular flexibility index (Phi) is 55.5. The van der Waals surface area contributed by atoms with Gasteiger partial charge >= 0.3 is 17.9 Å². The van der Waals surface area contributed by atoms with E-state index in [9.17, 15) is 14.4 Å². The van der Waals surface area contributed by atoms with E-state index in [4.69, 9.17) is 14.2 Å². The third-order valence-electron chi connectivity index (χ3n) is 11.5. The van der Waals surface area contributed by atoms with Gasteiger partial charge in [-0.15, -0.1) is 0 Å². The van der Waals surface area contributed by atoms with Crippen molar-refractivity contribution in [3.05, 3.63) is 158 Å². The lowest BCUT2D eigenvalue weighted by atomic mass is 10.1. The van der Waals surface area contributed by atoms with Crippen LogP contribution >= 0.6 is 0 Å². The van der Waals surface area contributed by atoms with E-state index in [2.05, 4.69) is 154 Å². The number of hydrogen-bond donors (Lipinski definition) is 0. The highest BCUT2D eigenvalue weighted by atomic mass is 16.6. The van der Waals surface area contributed by atoms with Crippen molar-refractivity contribution in [3.63, 3.8) is 0 Å². The molecule has 6 heteroatoms. The standard InChI is InChI=1S/C67H104O6/c1-4-7-10-13-16-19-22-25-28-31-33-36-39-42-45-48-51-54-57-60-66(69)72-63-64(62-71-65(68)59-56-53-50-47-44-41-38-35-30-27-24-21-18-15-12-9-6-3)73-67(70)61-58-55-52-49-46-43-40-37-34-32-29-26-23-20-17-14-11-8-5-2/h16-17,19-20,25-30,33-34,36-38,41-43,45-47,50-52,54-55,64H,4-15,18,21-24,31-32,35,39-40,44,48-49,53,56-63H2,1-3H3/b19-16-,20-17-,28-25-,29-26-,30-27-,36-33-,37-34-,41-38-,45-42-,46-43-,50-47-,54-51-,55-52-/t64-/m0/s1. The van der Waals surface area contributed by atoms with Crippen molar-refractivity contribution in [3.8, 4) is 0 Å². The Bertz CT molecular complexity index is 1670. The smallest absolute Gasteiger partial charge is 0.306 e. The molecule has 0 aromatic rings. The third kappa shape index (κ3) is 57.8. The Morgan fingerprint density at radius 3 is 0.877 bits per heavy atom. The lowest BCUT2D eigenvalue weighted by Gasteiger charge is -2.18. The second kappa shape index (κ2) is 59.6. The highest BCUT2D eigenvalue weighted by molar-refractivity contribution is 5.71. The first kappa shape index (κ1) is 68.0. The molecular formula is C67H104O6. The van der Waals surface area contributed by atoms with Crippen molar-refractivity contribution >= 4 is 17.9 Å². The highest BCUT2D eigenvalue weighted by Crippen LogP contribution is 2.10. The van der Waals surface area contributed by atoms with Crippen LogP contribution in [0.25, 0.3) is 0 Å². The Hall–Kier alpha value is -4.97. The third-order valence-corrected chi connectivity index (χ3v) is 11.5. The van der Waals surface area contributed by atoms with E-state index in [1.807, 2.05) is 24.3 Å². The molecule has 0 heterocycles. The first-order valence-electron chi connectivity index (χ1n) is 29.0. The number of carbonyl (C=O) groups excluding carboxylic acids is 3. The number of unbranched alkanes of at least 4 members (excludes halogenated alkanes) is 13. The monoisotopic (exact) mass is 1000 g/mol. The van der Waals surface area contributed by atoms with Gasteiger partial charge in [0.05, 0.1) is 0 Å². The molecule has 0 amide bonds. The quantitative estimate of drug-likeness (QED) is 0.0261. The van der Waals surface area contributed by atoms with Crippen molar-refractivity contribution in [1.82, 2.24) is 0 Å². The molecule has 0 bridgehead atoms. The van der Waals surface area contributed by atoms with Crippen molar-refractivity contribution < 1.29 is 28.6 Å². The molecule has 0 saturated heterocycles. The van der Waals surface area contributed by atoms with Gasteiger partial charge < -0.3 is 14.2 Å². The number of carbonyl (C=O) groups is 3. The molecule has 0 aliphatic heterocycles. The van der Waals surface area contributed by atoms with Crippen molar-refractivity contribution in [2.24, 2.45) is 0 Å². The summed E-state index contributed by atoms with van der Waals surface area (Å²) in [4.78, 5) is 38.1. The van der Waals surface area contributed by atoms with Gasteiger partial charge in [0.25, 0.3) is 0 Å². The summed E-state index contributed by atoms with van der Waals surface area (Å²) in [6.45, 7) is 6.39. The second-order valence-corrected chi connectivity index (χ2v) is 18.5. The first-order chi connectivity index (χ1) is 36.0. The van der Waals surface area contributed by atoms with Gasteiger partial charge in [-0.25, -0.2) is 0 Å². The molecule has 73 heavy (non-hydrogen) atoms. The second-order valence-electron chi connectivity index (χ2n) is 18.5. The van der Waals surface area contributed by atoms with Crippen LogP contribution in [0.3, 0.4) is 0 Å². The van der Waals surface area contributed by atoms with Crippen LogP contribution < -0.4 is 0 Å². The van der Waals surface area contributed by atoms with E-state index in [1.54, 1.807) is 0 Å². The van der Waals surface area contributed by atoms with Crippen LogP contribution in [0, 0.1) is 0 Å². The zero-order valence-corrected chi connectivity index (χ0v) is 46.6. The Morgan fingerprint density at radius 2 is 0.521 bits per heavy atom. The van der Waals surface area contributed by atoms with Crippen molar-refractivity contribution in [1.29, 1.82) is 0 Å². The summed E-state index contributed by atoms with van der Waals surface area (Å²) in [6.07, 6.45) is 86.9. The largest absolute Gasteiger partial charge is 0.462 e. The number of ether oxygens (including phenoxy) is 3. The maximum atomic E-state index is 12.8. The summed E-state index contributed by atoms with van der Waals surface area (Å²) >= 11 is 0. The fourth-order valence-electron chi connectivity index (χ4n) is 7.13. The van der Waals surface area contributed by atoms with Gasteiger partial charge in [0.2, 0.25) is 0 Å². The highest BCUT2D eigenvalue weighted by Gasteiger charge is 2.19. The topological polar surface area (TPSA) is 78.9 Å². The minimum absolute atomic E-state index is 0.164. The molecule has 0 radical (unpaired) electrons. The summed E-state index contributed by atoms with van der Waals surface area (Å²) in [5.74, 6) is -1.19. The van der Waals surface area contributed by atoms with Crippen LogP contribution in [0.4, 0.5) is 0 Å². The zero-order valence-electron chi connectivity index (χ0n) is 46.6. The van der Waals surface area contributed by atoms with Crippen LogP contribution in [0.15, 0.2) is 158 Å². The van der Waals surface area contributed by atoms with Crippen molar-refractivity contribution in [2.75, 3.05) is 13.2 Å². The van der Waals surface area contributed by atoms with Gasteiger partial charge in [0.15, 0.2) is 6.10 Å². The van der Waals surface area contributed by atoms with E-state index >= 15 is 0 Å². The van der Waals surface area contributed by atoms with Gasteiger partial charge in [0, 0.05) is 19.3 Å². The molecular weight excluding hydrogens is 901 g/mol. The predicted molar refractivity (Wildman–Crippen MR) is 315 cm³/mol. The minimum Gasteiger partial charge on any atom is -0.462 e. The average molecular weight is 1010 g/mol. The molecule has 0 aliphatic carbocycles. The first-order valence-corrected chi connectivity index (χ1v) is 29.0. The molecule has 408 valence electrons. The van der Waals surface area contributed by atoms with E-state index < -0.39 is 18.0 Å². The van der Waals surface area contributed by atoms with Crippen molar-refractivity contribution in [2.45, 2.75) is 232 Å². The van der Waals surface area contributed by atoms with Crippen LogP contribution in [-0.4, -0.2) is 37.2 Å². The van der Waals surface area contributed by atoms with E-state index in [0.717, 1.165) is 70.6 Å². The van der Waals surface area contributed by atoms with Gasteiger partial charge in [-0.2, -0.15) is 0 Å². The number of rotatable bonds is 50. The minimum atomic E-state index is -0.877. The maximum Gasteiger partial charge on any atom is 0.306 e. The Labute approximate surface area is 448 Å². The molecule has 0 saturated carbocycles. The van der Waals surface area contributed by atoms with Crippen LogP contribution in [0.2, 0.25) is 0 Å². The number of hydrogen-bond acceptors (Lipinski definition) is 6. The lowest BCUT2D eigenvalue weighted by Crippen LogP contribution is -2.30. The summed E-state index contributed by atoms with van der Waals surface area (Å²) < 4.78 is 16.7. The molecule has 0 aliphatic rings. The molecule has 1 atom stereocenters. The van der Waals surface area contributed by atoms with Gasteiger partial charge in [-0.3, -0.25) is 14.4 Å². The maximum absolute atomic E-state index is 12.8. The molecule has 0 aromatic heterocycles. The summed E-state index contributed by atoms with van der Waals surface area (Å²) in [5.41, 5.74) is 0. The Balaban J connectivity index is 4.72. The SMILES string of the molecule is CCCCC/C=C\C/C=C\C/C=C\C/C=C\C/C=C\CCC(=O)OC[C@H](COC(=O)CCC/C=C\C/C=C\C/C=C\CCCCCCCC)OC(=O)CC/C=C\C/C=C\C/C=C\C/C=C\C/C=C\CCCCC. The molecule has 0 unspecified atom stereocenters. The number of allylic oxidation sites excluding steroid dienone is 26. The molecule has 0 rings (SSSR count). The van der Waals surface area contributed by atoms with Gasteiger partial charge in [-0.1, -0.05) is 237 Å². The van der Waals surface area contributed by atoms with E-state index in [0.29, 0.717) is 19.3 Å². The number of esters is 3. The zero-order chi connectivity index (χ0) is 52.9. The molecule has 6 nitrogen and oxygen atoms in total. The van der Waals surface area contributed by atoms with Gasteiger partial charge in [-0.05, 0) is 128 Å². The van der Waals surface area contributed by atoms with Crippen LogP contribution in [-0.2, 0) is 28.6 Å². The Morgan fingerprint density at radius 1 is 0.274 bits per heavy atom. The molecule has 0 aromatic carbocycles. The fourth-order valence-corrected chi connectivity index (χ4v) is 7.13. The van der Waals surface area contributed by atoms with Crippen LogP contribution in [0.1, 0.15) is 226 Å². The summed E-state index contributed by atoms with van der Waals surface area (Å²) in [7, 11) is 0. The summed E-state index contributed by atoms with van der Waals surface area (Å²) in [6, 6.07) is 0. The molecule has 0 N–H and O–H groups in total.